The van der Waals surface area contributed by atoms with E-state index in [-0.39, 0.29) is 13.0 Å². The van der Waals surface area contributed by atoms with Crippen molar-refractivity contribution in [1.29, 1.82) is 0 Å². The number of carbonyl (C=O) groups excluding carboxylic acids is 3. The van der Waals surface area contributed by atoms with E-state index in [0.29, 0.717) is 10.3 Å². The van der Waals surface area contributed by atoms with Crippen molar-refractivity contribution in [3.8, 4) is 0 Å². The number of esters is 1. The molecule has 36 heavy (non-hydrogen) atoms. The molecule has 1 aromatic heterocycles. The van der Waals surface area contributed by atoms with Gasteiger partial charge in [0, 0.05) is 18.3 Å². The number of anilines is 2. The largest absolute Gasteiger partial charge is 0.453 e. The number of rotatable bonds is 9. The smallest absolute Gasteiger partial charge is 0.412 e. The topological polar surface area (TPSA) is 158 Å². The lowest BCUT2D eigenvalue weighted by Crippen LogP contribution is -2.45. The molecule has 1 aliphatic rings. The number of halogens is 2. The molecule has 1 saturated heterocycles. The number of aliphatic hydroxyl groups excluding tert-OH is 1. The maximum Gasteiger partial charge on any atom is 0.412 e. The van der Waals surface area contributed by atoms with Gasteiger partial charge in [0.05, 0.1) is 19.6 Å². The summed E-state index contributed by atoms with van der Waals surface area (Å²) in [6.07, 6.45) is -7.31. The van der Waals surface area contributed by atoms with Crippen LogP contribution in [0.5, 0.6) is 0 Å². The molecular formula is C22H24F2N4O8. The van der Waals surface area contributed by atoms with Crippen molar-refractivity contribution >= 4 is 29.5 Å². The van der Waals surface area contributed by atoms with Gasteiger partial charge in [-0.15, -0.1) is 0 Å². The Balaban J connectivity index is 1.72. The van der Waals surface area contributed by atoms with Gasteiger partial charge in [-0.05, 0) is 25.1 Å². The van der Waals surface area contributed by atoms with E-state index < -0.39 is 66.9 Å². The van der Waals surface area contributed by atoms with Gasteiger partial charge in [0.1, 0.15) is 11.9 Å². The molecule has 194 valence electrons. The average molecular weight is 510 g/mol. The standard InChI is InChI=1S/C22H24F2N4O8/c1-2-34-21(33)27-15-10-11-25-20(32)28(15)19-22(23,24)18(14(12-29)35-19)36-17(31)9-8-16(30)26-13-6-4-3-5-7-13/h3-7,10-11,14,18-19,29H,2,8-9,12H2,1H3,(H,26,30)(H,27,33)/t14-,18-,19-/m1/s1. The fourth-order valence-electron chi connectivity index (χ4n) is 3.42. The summed E-state index contributed by atoms with van der Waals surface area (Å²) < 4.78 is 45.8. The molecule has 3 N–H and O–H groups in total. The van der Waals surface area contributed by atoms with Gasteiger partial charge in [-0.2, -0.15) is 8.78 Å². The second-order valence-corrected chi connectivity index (χ2v) is 7.54. The normalized spacial score (nSPS) is 20.4. The number of alkyl halides is 2. The van der Waals surface area contributed by atoms with Crippen LogP contribution >= 0.6 is 0 Å². The minimum absolute atomic E-state index is 0.0226. The highest BCUT2D eigenvalue weighted by atomic mass is 19.3. The first-order valence-electron chi connectivity index (χ1n) is 10.9. The molecule has 1 fully saturated rings. The quantitative estimate of drug-likeness (QED) is 0.427. The van der Waals surface area contributed by atoms with Crippen LogP contribution < -0.4 is 16.3 Å². The van der Waals surface area contributed by atoms with Crippen molar-refractivity contribution in [3.05, 3.63) is 53.1 Å². The van der Waals surface area contributed by atoms with Crippen LogP contribution in [0.4, 0.5) is 25.1 Å². The minimum atomic E-state index is -4.03. The third kappa shape index (κ3) is 6.20. The number of amides is 2. The van der Waals surface area contributed by atoms with Crippen molar-refractivity contribution in [3.63, 3.8) is 0 Å². The highest BCUT2D eigenvalue weighted by Gasteiger charge is 2.62. The first-order chi connectivity index (χ1) is 17.2. The van der Waals surface area contributed by atoms with Gasteiger partial charge in [0.25, 0.3) is 0 Å². The summed E-state index contributed by atoms with van der Waals surface area (Å²) in [5, 5.41) is 14.3. The summed E-state index contributed by atoms with van der Waals surface area (Å²) in [5.74, 6) is -6.14. The minimum Gasteiger partial charge on any atom is -0.453 e. The van der Waals surface area contributed by atoms with Crippen LogP contribution in [0.1, 0.15) is 26.0 Å². The molecule has 1 aromatic carbocycles. The molecule has 3 rings (SSSR count). The van der Waals surface area contributed by atoms with Crippen molar-refractivity contribution in [2.45, 2.75) is 44.1 Å². The summed E-state index contributed by atoms with van der Waals surface area (Å²) in [6, 6.07) is 9.46. The molecule has 14 heteroatoms. The molecule has 0 spiro atoms. The summed E-state index contributed by atoms with van der Waals surface area (Å²) in [4.78, 5) is 51.8. The van der Waals surface area contributed by atoms with Crippen LogP contribution in [0.3, 0.4) is 0 Å². The van der Waals surface area contributed by atoms with Gasteiger partial charge >= 0.3 is 23.7 Å². The van der Waals surface area contributed by atoms with E-state index in [0.717, 1.165) is 12.3 Å². The molecule has 0 aliphatic carbocycles. The molecule has 0 unspecified atom stereocenters. The zero-order chi connectivity index (χ0) is 26.3. The van der Waals surface area contributed by atoms with E-state index in [9.17, 15) is 24.3 Å². The SMILES string of the molecule is CCOC(=O)Nc1ccnc(=O)n1[C@@H]1O[C@H](CO)[C@@H](OC(=O)CCC(=O)Nc2ccccc2)C1(F)F. The first kappa shape index (κ1) is 26.7. The maximum absolute atomic E-state index is 15.4. The zero-order valence-corrected chi connectivity index (χ0v) is 19.1. The van der Waals surface area contributed by atoms with Crippen molar-refractivity contribution in [2.75, 3.05) is 23.8 Å². The molecular weight excluding hydrogens is 486 g/mol. The lowest BCUT2D eigenvalue weighted by atomic mass is 10.1. The van der Waals surface area contributed by atoms with Gasteiger partial charge in [-0.1, -0.05) is 18.2 Å². The summed E-state index contributed by atoms with van der Waals surface area (Å²) in [7, 11) is 0. The lowest BCUT2D eigenvalue weighted by Gasteiger charge is -2.25. The van der Waals surface area contributed by atoms with Crippen LogP contribution in [-0.2, 0) is 23.8 Å². The molecule has 12 nitrogen and oxygen atoms in total. The van der Waals surface area contributed by atoms with Crippen molar-refractivity contribution in [2.24, 2.45) is 0 Å². The summed E-state index contributed by atoms with van der Waals surface area (Å²) in [6.45, 7) is 0.517. The van der Waals surface area contributed by atoms with Gasteiger partial charge in [0.2, 0.25) is 12.1 Å². The average Bonchev–Trinajstić information content (AvgIpc) is 3.08. The maximum atomic E-state index is 15.4. The number of aromatic nitrogens is 2. The Bertz CT molecular complexity index is 1140. The first-order valence-corrected chi connectivity index (χ1v) is 10.9. The summed E-state index contributed by atoms with van der Waals surface area (Å²) in [5.41, 5.74) is -0.709. The molecule has 1 aliphatic heterocycles. The van der Waals surface area contributed by atoms with Gasteiger partial charge in [-0.3, -0.25) is 14.9 Å². The number of nitrogens with zero attached hydrogens (tertiary/aromatic N) is 2. The van der Waals surface area contributed by atoms with E-state index in [4.69, 9.17) is 14.2 Å². The fraction of sp³-hybridized carbons (Fsp3) is 0.409. The molecule has 0 bridgehead atoms. The van der Waals surface area contributed by atoms with Crippen molar-refractivity contribution in [1.82, 2.24) is 9.55 Å². The highest BCUT2D eigenvalue weighted by Crippen LogP contribution is 2.44. The Morgan fingerprint density at radius 2 is 1.89 bits per heavy atom. The third-order valence-corrected chi connectivity index (χ3v) is 5.03. The third-order valence-electron chi connectivity index (χ3n) is 5.03. The van der Waals surface area contributed by atoms with Gasteiger partial charge < -0.3 is 24.6 Å². The number of benzene rings is 1. The number of hydrogen-bond acceptors (Lipinski definition) is 9. The number of nitrogens with one attached hydrogen (secondary N) is 2. The van der Waals surface area contributed by atoms with E-state index in [1.54, 1.807) is 30.3 Å². The number of ether oxygens (including phenoxy) is 3. The molecule has 2 heterocycles. The number of carbonyl (C=O) groups is 3. The van der Waals surface area contributed by atoms with Crippen LogP contribution in [0.15, 0.2) is 47.4 Å². The van der Waals surface area contributed by atoms with Crippen LogP contribution in [0, 0.1) is 0 Å². The summed E-state index contributed by atoms with van der Waals surface area (Å²) >= 11 is 0. The van der Waals surface area contributed by atoms with Crippen LogP contribution in [0.25, 0.3) is 0 Å². The Hall–Kier alpha value is -3.91. The van der Waals surface area contributed by atoms with Gasteiger partial charge in [-0.25, -0.2) is 19.1 Å². The second-order valence-electron chi connectivity index (χ2n) is 7.54. The predicted molar refractivity (Wildman–Crippen MR) is 119 cm³/mol. The Kier molecular flexibility index (Phi) is 8.66. The van der Waals surface area contributed by atoms with E-state index in [1.807, 2.05) is 0 Å². The molecule has 3 atom stereocenters. The number of para-hydroxylation sites is 1. The second kappa shape index (κ2) is 11.7. The Morgan fingerprint density at radius 1 is 1.17 bits per heavy atom. The fourth-order valence-corrected chi connectivity index (χ4v) is 3.42. The van der Waals surface area contributed by atoms with E-state index >= 15 is 8.78 Å². The lowest BCUT2D eigenvalue weighted by molar-refractivity contribution is -0.176. The Morgan fingerprint density at radius 3 is 2.56 bits per heavy atom. The predicted octanol–water partition coefficient (Wildman–Crippen LogP) is 1.67. The molecule has 0 radical (unpaired) electrons. The van der Waals surface area contributed by atoms with E-state index in [1.165, 1.54) is 6.92 Å². The monoisotopic (exact) mass is 510 g/mol. The van der Waals surface area contributed by atoms with Crippen LogP contribution in [-0.4, -0.2) is 64.0 Å². The Labute approximate surface area is 203 Å². The molecule has 2 aromatic rings. The molecule has 2 amide bonds. The zero-order valence-electron chi connectivity index (χ0n) is 19.1. The van der Waals surface area contributed by atoms with Crippen molar-refractivity contribution < 1.29 is 42.5 Å². The van der Waals surface area contributed by atoms with E-state index in [2.05, 4.69) is 15.6 Å². The number of hydrogen-bond donors (Lipinski definition) is 3. The highest BCUT2D eigenvalue weighted by molar-refractivity contribution is 5.92. The molecule has 0 saturated carbocycles. The van der Waals surface area contributed by atoms with Crippen LogP contribution in [0.2, 0.25) is 0 Å². The number of aliphatic hydroxyl groups is 1. The van der Waals surface area contributed by atoms with Gasteiger partial charge in [0.15, 0.2) is 6.10 Å².